The van der Waals surface area contributed by atoms with Gasteiger partial charge in [0.25, 0.3) is 0 Å². The summed E-state index contributed by atoms with van der Waals surface area (Å²) in [5, 5.41) is 1.14. The molecule has 0 aliphatic heterocycles. The van der Waals surface area contributed by atoms with Gasteiger partial charge in [-0.05, 0) is 41.8 Å². The van der Waals surface area contributed by atoms with Gasteiger partial charge in [0.05, 0.1) is 5.52 Å². The molecule has 100 valence electrons. The van der Waals surface area contributed by atoms with E-state index in [4.69, 9.17) is 5.73 Å². The Morgan fingerprint density at radius 3 is 2.75 bits per heavy atom. The average Bonchev–Trinajstić information content (AvgIpc) is 2.46. The zero-order chi connectivity index (χ0) is 13.9. The molecule has 1 aromatic heterocycles. The molecule has 0 fully saturated rings. The van der Waals surface area contributed by atoms with E-state index < -0.39 is 0 Å². The van der Waals surface area contributed by atoms with E-state index in [9.17, 15) is 0 Å². The molecular weight excluding hydrogens is 312 g/mol. The second-order valence-electron chi connectivity index (χ2n) is 4.86. The summed E-state index contributed by atoms with van der Waals surface area (Å²) >= 11 is 3.50. The van der Waals surface area contributed by atoms with Gasteiger partial charge in [0.2, 0.25) is 0 Å². The molecular formula is C17H15BrN2. The zero-order valence-electron chi connectivity index (χ0n) is 11.0. The van der Waals surface area contributed by atoms with Crippen molar-refractivity contribution < 1.29 is 0 Å². The van der Waals surface area contributed by atoms with Gasteiger partial charge in [0.15, 0.2) is 0 Å². The number of hydrogen-bond donors (Lipinski definition) is 1. The summed E-state index contributed by atoms with van der Waals surface area (Å²) in [5.74, 6) is 0. The van der Waals surface area contributed by atoms with Crippen molar-refractivity contribution >= 4 is 26.8 Å². The quantitative estimate of drug-likeness (QED) is 0.781. The molecule has 0 radical (unpaired) electrons. The van der Waals surface area contributed by atoms with Gasteiger partial charge in [-0.1, -0.05) is 46.3 Å². The lowest BCUT2D eigenvalue weighted by Gasteiger charge is -2.14. The number of halogens is 1. The molecule has 0 saturated heterocycles. The monoisotopic (exact) mass is 326 g/mol. The third-order valence-electron chi connectivity index (χ3n) is 3.43. The Morgan fingerprint density at radius 1 is 1.05 bits per heavy atom. The van der Waals surface area contributed by atoms with Crippen molar-refractivity contribution in [1.29, 1.82) is 0 Å². The van der Waals surface area contributed by atoms with Crippen LogP contribution >= 0.6 is 15.9 Å². The summed E-state index contributed by atoms with van der Waals surface area (Å²) in [4.78, 5) is 4.38. The molecule has 20 heavy (non-hydrogen) atoms. The Bertz CT molecular complexity index is 734. The van der Waals surface area contributed by atoms with Crippen LogP contribution in [0, 0.1) is 0 Å². The number of hydrogen-bond acceptors (Lipinski definition) is 2. The minimum absolute atomic E-state index is 0.0304. The van der Waals surface area contributed by atoms with Crippen molar-refractivity contribution in [2.24, 2.45) is 5.73 Å². The summed E-state index contributed by atoms with van der Waals surface area (Å²) in [6.45, 7) is 0. The molecule has 0 amide bonds. The van der Waals surface area contributed by atoms with Gasteiger partial charge in [0.1, 0.15) is 0 Å². The first-order chi connectivity index (χ1) is 9.74. The Labute approximate surface area is 126 Å². The van der Waals surface area contributed by atoms with E-state index >= 15 is 0 Å². The van der Waals surface area contributed by atoms with Gasteiger partial charge in [-0.3, -0.25) is 4.98 Å². The smallest absolute Gasteiger partial charge is 0.0705 e. The summed E-state index contributed by atoms with van der Waals surface area (Å²) < 4.78 is 1.08. The Kier molecular flexibility index (Phi) is 3.81. The van der Waals surface area contributed by atoms with Crippen LogP contribution in [0.4, 0.5) is 0 Å². The fourth-order valence-corrected chi connectivity index (χ4v) is 2.92. The second kappa shape index (κ2) is 5.73. The minimum Gasteiger partial charge on any atom is -0.324 e. The van der Waals surface area contributed by atoms with Gasteiger partial charge in [0, 0.05) is 22.1 Å². The third kappa shape index (κ3) is 2.74. The molecule has 1 heterocycles. The van der Waals surface area contributed by atoms with E-state index in [0.29, 0.717) is 0 Å². The van der Waals surface area contributed by atoms with E-state index in [2.05, 4.69) is 39.1 Å². The number of fused-ring (bicyclic) bond motifs is 1. The fraction of sp³-hybridized carbons (Fsp3) is 0.118. The maximum absolute atomic E-state index is 6.40. The molecule has 2 nitrogen and oxygen atoms in total. The summed E-state index contributed by atoms with van der Waals surface area (Å²) in [7, 11) is 0. The Hall–Kier alpha value is -1.71. The maximum Gasteiger partial charge on any atom is 0.0705 e. The largest absolute Gasteiger partial charge is 0.324 e. The fourth-order valence-electron chi connectivity index (χ4n) is 2.47. The van der Waals surface area contributed by atoms with Gasteiger partial charge in [-0.2, -0.15) is 0 Å². The normalized spacial score (nSPS) is 12.5. The molecule has 0 aliphatic carbocycles. The van der Waals surface area contributed by atoms with Crippen LogP contribution in [0.25, 0.3) is 10.9 Å². The number of pyridine rings is 1. The van der Waals surface area contributed by atoms with E-state index in [-0.39, 0.29) is 6.04 Å². The van der Waals surface area contributed by atoms with Crippen LogP contribution in [-0.4, -0.2) is 4.98 Å². The molecule has 1 atom stereocenters. The van der Waals surface area contributed by atoms with Gasteiger partial charge >= 0.3 is 0 Å². The third-order valence-corrected chi connectivity index (χ3v) is 3.92. The van der Waals surface area contributed by atoms with Gasteiger partial charge < -0.3 is 5.73 Å². The van der Waals surface area contributed by atoms with Crippen molar-refractivity contribution in [1.82, 2.24) is 4.98 Å². The lowest BCUT2D eigenvalue weighted by molar-refractivity contribution is 0.727. The standard InChI is InChI=1S/C17H15BrN2/c18-13-5-3-4-12(10-13)11-16(19)14-8-9-20-17-7-2-1-6-15(14)17/h1-10,16H,11,19H2. The maximum atomic E-state index is 6.40. The predicted octanol–water partition coefficient (Wildman–Crippen LogP) is 4.24. The number of benzene rings is 2. The first-order valence-electron chi connectivity index (χ1n) is 6.58. The van der Waals surface area contributed by atoms with Crippen LogP contribution in [0.5, 0.6) is 0 Å². The molecule has 2 aromatic carbocycles. The minimum atomic E-state index is -0.0304. The number of nitrogens with zero attached hydrogens (tertiary/aromatic N) is 1. The van der Waals surface area contributed by atoms with E-state index in [1.165, 1.54) is 5.56 Å². The van der Waals surface area contributed by atoms with Crippen molar-refractivity contribution in [3.8, 4) is 0 Å². The highest BCUT2D eigenvalue weighted by Crippen LogP contribution is 2.24. The first kappa shape index (κ1) is 13.3. The topological polar surface area (TPSA) is 38.9 Å². The highest BCUT2D eigenvalue weighted by atomic mass is 79.9. The van der Waals surface area contributed by atoms with Crippen molar-refractivity contribution in [3.63, 3.8) is 0 Å². The number of nitrogens with two attached hydrogens (primary N) is 1. The lowest BCUT2D eigenvalue weighted by Crippen LogP contribution is -2.14. The van der Waals surface area contributed by atoms with Gasteiger partial charge in [-0.15, -0.1) is 0 Å². The molecule has 0 bridgehead atoms. The number of rotatable bonds is 3. The first-order valence-corrected chi connectivity index (χ1v) is 7.37. The zero-order valence-corrected chi connectivity index (χ0v) is 12.5. The molecule has 3 aromatic rings. The molecule has 0 saturated carbocycles. The molecule has 1 unspecified atom stereocenters. The molecule has 0 spiro atoms. The van der Waals surface area contributed by atoms with Crippen LogP contribution in [0.15, 0.2) is 65.3 Å². The van der Waals surface area contributed by atoms with Crippen LogP contribution < -0.4 is 5.73 Å². The Morgan fingerprint density at radius 2 is 1.90 bits per heavy atom. The second-order valence-corrected chi connectivity index (χ2v) is 5.77. The highest BCUT2D eigenvalue weighted by Gasteiger charge is 2.11. The van der Waals surface area contributed by atoms with Crippen LogP contribution in [0.2, 0.25) is 0 Å². The van der Waals surface area contributed by atoms with E-state index in [1.807, 2.05) is 42.6 Å². The molecule has 3 rings (SSSR count). The SMILES string of the molecule is NC(Cc1cccc(Br)c1)c1ccnc2ccccc12. The predicted molar refractivity (Wildman–Crippen MR) is 86.5 cm³/mol. The van der Waals surface area contributed by atoms with Crippen molar-refractivity contribution in [2.75, 3.05) is 0 Å². The number of para-hydroxylation sites is 1. The summed E-state index contributed by atoms with van der Waals surface area (Å²) in [5.41, 5.74) is 9.77. The molecule has 2 N–H and O–H groups in total. The van der Waals surface area contributed by atoms with Gasteiger partial charge in [-0.25, -0.2) is 0 Å². The van der Waals surface area contributed by atoms with Crippen molar-refractivity contribution in [2.45, 2.75) is 12.5 Å². The van der Waals surface area contributed by atoms with Crippen LogP contribution in [-0.2, 0) is 6.42 Å². The van der Waals surface area contributed by atoms with Crippen LogP contribution in [0.1, 0.15) is 17.2 Å². The number of aromatic nitrogens is 1. The van der Waals surface area contributed by atoms with Crippen LogP contribution in [0.3, 0.4) is 0 Å². The summed E-state index contributed by atoms with van der Waals surface area (Å²) in [6.07, 6.45) is 2.64. The van der Waals surface area contributed by atoms with E-state index in [1.54, 1.807) is 0 Å². The van der Waals surface area contributed by atoms with Crippen molar-refractivity contribution in [3.05, 3.63) is 76.4 Å². The molecule has 0 aliphatic rings. The Balaban J connectivity index is 1.94. The summed E-state index contributed by atoms with van der Waals surface area (Å²) in [6, 6.07) is 18.4. The molecule has 3 heteroatoms. The average molecular weight is 327 g/mol. The van der Waals surface area contributed by atoms with E-state index in [0.717, 1.165) is 27.4 Å². The highest BCUT2D eigenvalue weighted by molar-refractivity contribution is 9.10. The lowest BCUT2D eigenvalue weighted by atomic mass is 9.97.